The number of nitrogens with one attached hydrogen (secondary N) is 1. The molecule has 2 aliphatic heterocycles. The number of aromatic amines is 1. The van der Waals surface area contributed by atoms with Gasteiger partial charge in [-0.2, -0.15) is 0 Å². The smallest absolute Gasteiger partial charge is 0.227 e. The highest BCUT2D eigenvalue weighted by Gasteiger charge is 2.32. The SMILES string of the molecule is COc1ccc(N2CCN(C(=O)[C@H]3CCCN(c4nc5ccccc5[nH]4)C3)CC2)cc1. The minimum Gasteiger partial charge on any atom is -0.497 e. The number of carbonyl (C=O) groups excluding carboxylic acids is 1. The fourth-order valence-electron chi connectivity index (χ4n) is 4.70. The summed E-state index contributed by atoms with van der Waals surface area (Å²) in [5.74, 6) is 2.07. The summed E-state index contributed by atoms with van der Waals surface area (Å²) in [5, 5.41) is 0. The second-order valence-corrected chi connectivity index (χ2v) is 8.37. The number of aromatic nitrogens is 2. The van der Waals surface area contributed by atoms with Crippen LogP contribution in [0.1, 0.15) is 12.8 Å². The van der Waals surface area contributed by atoms with E-state index in [9.17, 15) is 4.79 Å². The van der Waals surface area contributed by atoms with E-state index in [2.05, 4.69) is 26.9 Å². The number of benzene rings is 2. The lowest BCUT2D eigenvalue weighted by Crippen LogP contribution is -2.52. The van der Waals surface area contributed by atoms with Gasteiger partial charge in [0.1, 0.15) is 5.75 Å². The molecule has 2 saturated heterocycles. The number of para-hydroxylation sites is 2. The van der Waals surface area contributed by atoms with E-state index in [1.807, 2.05) is 41.3 Å². The number of hydrogen-bond donors (Lipinski definition) is 1. The molecule has 3 aromatic rings. The summed E-state index contributed by atoms with van der Waals surface area (Å²) in [4.78, 5) is 28.0. The van der Waals surface area contributed by atoms with E-state index in [4.69, 9.17) is 9.72 Å². The van der Waals surface area contributed by atoms with Gasteiger partial charge >= 0.3 is 0 Å². The van der Waals surface area contributed by atoms with Gasteiger partial charge in [-0.3, -0.25) is 4.79 Å². The molecule has 0 saturated carbocycles. The van der Waals surface area contributed by atoms with E-state index in [1.165, 1.54) is 5.69 Å². The Morgan fingerprint density at radius 2 is 1.77 bits per heavy atom. The Morgan fingerprint density at radius 1 is 1.00 bits per heavy atom. The number of amides is 1. The summed E-state index contributed by atoms with van der Waals surface area (Å²) in [6, 6.07) is 16.2. The Labute approximate surface area is 182 Å². The normalized spacial score (nSPS) is 19.6. The average molecular weight is 420 g/mol. The molecule has 7 heteroatoms. The molecule has 1 aromatic heterocycles. The molecule has 162 valence electrons. The molecule has 1 amide bonds. The number of piperazine rings is 1. The van der Waals surface area contributed by atoms with Crippen LogP contribution in [0.2, 0.25) is 0 Å². The standard InChI is InChI=1S/C24H29N5O2/c1-31-20-10-8-19(9-11-20)27-13-15-28(16-14-27)23(30)18-5-4-12-29(17-18)24-25-21-6-2-3-7-22(21)26-24/h2-3,6-11,18H,4-5,12-17H2,1H3,(H,25,26)/t18-/m0/s1. The monoisotopic (exact) mass is 419 g/mol. The van der Waals surface area contributed by atoms with Crippen LogP contribution in [0.4, 0.5) is 11.6 Å². The molecule has 1 N–H and O–H groups in total. The summed E-state index contributed by atoms with van der Waals surface area (Å²) >= 11 is 0. The van der Waals surface area contributed by atoms with Gasteiger partial charge in [-0.1, -0.05) is 12.1 Å². The molecule has 5 rings (SSSR count). The van der Waals surface area contributed by atoms with Crippen molar-refractivity contribution in [2.75, 3.05) is 56.2 Å². The number of anilines is 2. The van der Waals surface area contributed by atoms with Crippen LogP contribution in [0.25, 0.3) is 11.0 Å². The summed E-state index contributed by atoms with van der Waals surface area (Å²) < 4.78 is 5.25. The van der Waals surface area contributed by atoms with Gasteiger partial charge in [0.2, 0.25) is 11.9 Å². The first-order valence-corrected chi connectivity index (χ1v) is 11.1. The summed E-state index contributed by atoms with van der Waals surface area (Å²) in [6.07, 6.45) is 1.97. The summed E-state index contributed by atoms with van der Waals surface area (Å²) in [6.45, 7) is 4.93. The molecule has 0 spiro atoms. The number of piperidine rings is 1. The zero-order chi connectivity index (χ0) is 21.2. The molecule has 0 radical (unpaired) electrons. The predicted octanol–water partition coefficient (Wildman–Crippen LogP) is 3.14. The van der Waals surface area contributed by atoms with Crippen molar-refractivity contribution in [2.24, 2.45) is 5.92 Å². The second-order valence-electron chi connectivity index (χ2n) is 8.37. The molecule has 2 aliphatic rings. The molecule has 2 fully saturated rings. The van der Waals surface area contributed by atoms with Crippen LogP contribution >= 0.6 is 0 Å². The number of hydrogen-bond acceptors (Lipinski definition) is 5. The number of nitrogens with zero attached hydrogens (tertiary/aromatic N) is 4. The molecule has 0 unspecified atom stereocenters. The van der Waals surface area contributed by atoms with E-state index < -0.39 is 0 Å². The van der Waals surface area contributed by atoms with Gasteiger partial charge in [-0.25, -0.2) is 4.98 Å². The van der Waals surface area contributed by atoms with Gasteiger partial charge in [-0.15, -0.1) is 0 Å². The summed E-state index contributed by atoms with van der Waals surface area (Å²) in [7, 11) is 1.68. The van der Waals surface area contributed by atoms with Crippen LogP contribution in [-0.4, -0.2) is 67.2 Å². The second kappa shape index (κ2) is 8.49. The van der Waals surface area contributed by atoms with Crippen molar-refractivity contribution in [3.63, 3.8) is 0 Å². The van der Waals surface area contributed by atoms with Gasteiger partial charge in [-0.05, 0) is 49.2 Å². The molecule has 0 aliphatic carbocycles. The van der Waals surface area contributed by atoms with Crippen molar-refractivity contribution in [1.82, 2.24) is 14.9 Å². The Bertz CT molecular complexity index is 1010. The van der Waals surface area contributed by atoms with Crippen molar-refractivity contribution in [2.45, 2.75) is 12.8 Å². The fourth-order valence-corrected chi connectivity index (χ4v) is 4.70. The predicted molar refractivity (Wildman–Crippen MR) is 123 cm³/mol. The molecule has 2 aromatic carbocycles. The van der Waals surface area contributed by atoms with Crippen molar-refractivity contribution >= 4 is 28.6 Å². The Hall–Kier alpha value is -3.22. The number of imidazole rings is 1. The van der Waals surface area contributed by atoms with Crippen molar-refractivity contribution in [1.29, 1.82) is 0 Å². The van der Waals surface area contributed by atoms with Crippen molar-refractivity contribution < 1.29 is 9.53 Å². The molecule has 31 heavy (non-hydrogen) atoms. The lowest BCUT2D eigenvalue weighted by Gasteiger charge is -2.39. The van der Waals surface area contributed by atoms with Crippen LogP contribution in [0.3, 0.4) is 0 Å². The Kier molecular flexibility index (Phi) is 5.40. The van der Waals surface area contributed by atoms with Crippen LogP contribution in [0.15, 0.2) is 48.5 Å². The van der Waals surface area contributed by atoms with E-state index in [1.54, 1.807) is 7.11 Å². The third-order valence-electron chi connectivity index (χ3n) is 6.48. The number of H-pyrrole nitrogens is 1. The maximum absolute atomic E-state index is 13.3. The van der Waals surface area contributed by atoms with Gasteiger partial charge in [0.05, 0.1) is 24.1 Å². The van der Waals surface area contributed by atoms with Crippen LogP contribution in [-0.2, 0) is 4.79 Å². The first kappa shape index (κ1) is 19.7. The average Bonchev–Trinajstić information content (AvgIpc) is 3.28. The largest absolute Gasteiger partial charge is 0.497 e. The maximum atomic E-state index is 13.3. The van der Waals surface area contributed by atoms with E-state index in [0.29, 0.717) is 0 Å². The zero-order valence-electron chi connectivity index (χ0n) is 18.0. The Morgan fingerprint density at radius 3 is 2.52 bits per heavy atom. The third-order valence-corrected chi connectivity index (χ3v) is 6.48. The topological polar surface area (TPSA) is 64.7 Å². The van der Waals surface area contributed by atoms with Crippen molar-refractivity contribution in [3.8, 4) is 5.75 Å². The van der Waals surface area contributed by atoms with Gasteiger partial charge in [0.25, 0.3) is 0 Å². The fraction of sp³-hybridized carbons (Fsp3) is 0.417. The van der Waals surface area contributed by atoms with Crippen LogP contribution in [0, 0.1) is 5.92 Å². The van der Waals surface area contributed by atoms with Crippen LogP contribution < -0.4 is 14.5 Å². The highest BCUT2D eigenvalue weighted by atomic mass is 16.5. The highest BCUT2D eigenvalue weighted by Crippen LogP contribution is 2.26. The zero-order valence-corrected chi connectivity index (χ0v) is 18.0. The van der Waals surface area contributed by atoms with E-state index in [0.717, 1.165) is 74.8 Å². The number of methoxy groups -OCH3 is 1. The molecular weight excluding hydrogens is 390 g/mol. The van der Waals surface area contributed by atoms with Crippen molar-refractivity contribution in [3.05, 3.63) is 48.5 Å². The highest BCUT2D eigenvalue weighted by molar-refractivity contribution is 5.81. The van der Waals surface area contributed by atoms with Gasteiger partial charge in [0, 0.05) is 45.0 Å². The number of fused-ring (bicyclic) bond motifs is 1. The summed E-state index contributed by atoms with van der Waals surface area (Å²) in [5.41, 5.74) is 3.20. The minimum atomic E-state index is 0.0366. The van der Waals surface area contributed by atoms with Crippen LogP contribution in [0.5, 0.6) is 5.75 Å². The molecule has 3 heterocycles. The van der Waals surface area contributed by atoms with E-state index >= 15 is 0 Å². The van der Waals surface area contributed by atoms with Gasteiger partial charge in [0.15, 0.2) is 0 Å². The first-order valence-electron chi connectivity index (χ1n) is 11.1. The Balaban J connectivity index is 1.20. The quantitative estimate of drug-likeness (QED) is 0.704. The lowest BCUT2D eigenvalue weighted by molar-refractivity contribution is -0.136. The van der Waals surface area contributed by atoms with E-state index in [-0.39, 0.29) is 11.8 Å². The maximum Gasteiger partial charge on any atom is 0.227 e. The minimum absolute atomic E-state index is 0.0366. The van der Waals surface area contributed by atoms with Gasteiger partial charge < -0.3 is 24.4 Å². The number of rotatable bonds is 4. The third kappa shape index (κ3) is 4.04. The lowest BCUT2D eigenvalue weighted by atomic mass is 9.96. The first-order chi connectivity index (χ1) is 15.2. The molecule has 0 bridgehead atoms. The molecular formula is C24H29N5O2. The molecule has 1 atom stereocenters. The number of ether oxygens (including phenoxy) is 1. The molecule has 7 nitrogen and oxygen atoms in total. The number of carbonyl (C=O) groups is 1.